The number of aryl methyl sites for hydroxylation is 1. The third-order valence-electron chi connectivity index (χ3n) is 5.16. The summed E-state index contributed by atoms with van der Waals surface area (Å²) in [6.45, 7) is 6.43. The number of hydrogen-bond donors (Lipinski definition) is 1. The van der Waals surface area contributed by atoms with Gasteiger partial charge in [0, 0.05) is 11.6 Å². The number of nitrogens with one attached hydrogen (secondary N) is 1. The Hall–Kier alpha value is -1.36. The fraction of sp³-hybridized carbons (Fsp3) is 0.562. The molecule has 0 heterocycles. The Morgan fingerprint density at radius 1 is 1.29 bits per heavy atom. The number of hydrazone groups is 1. The van der Waals surface area contributed by atoms with Crippen molar-refractivity contribution < 1.29 is 8.42 Å². The molecule has 0 unspecified atom stereocenters. The first kappa shape index (κ1) is 14.6. The average molecular weight is 306 g/mol. The smallest absolute Gasteiger partial charge is 0.200 e. The van der Waals surface area contributed by atoms with Crippen LogP contribution in [0.3, 0.4) is 0 Å². The first-order chi connectivity index (χ1) is 9.85. The molecule has 0 radical (unpaired) electrons. The minimum atomic E-state index is -3.55. The van der Waals surface area contributed by atoms with E-state index in [9.17, 15) is 8.42 Å². The van der Waals surface area contributed by atoms with Crippen molar-refractivity contribution in [2.24, 2.45) is 22.4 Å². The van der Waals surface area contributed by atoms with Crippen LogP contribution in [0.25, 0.3) is 0 Å². The molecule has 21 heavy (non-hydrogen) atoms. The van der Waals surface area contributed by atoms with Crippen molar-refractivity contribution in [1.82, 2.24) is 4.83 Å². The van der Waals surface area contributed by atoms with Gasteiger partial charge in [0.05, 0.1) is 4.90 Å². The lowest BCUT2D eigenvalue weighted by molar-refractivity contribution is 0.344. The summed E-state index contributed by atoms with van der Waals surface area (Å²) in [6, 6.07) is 6.81. The summed E-state index contributed by atoms with van der Waals surface area (Å²) in [5.74, 6) is 1.13. The molecule has 4 nitrogen and oxygen atoms in total. The Morgan fingerprint density at radius 2 is 1.95 bits per heavy atom. The van der Waals surface area contributed by atoms with E-state index in [1.165, 1.54) is 0 Å². The maximum atomic E-state index is 12.2. The predicted octanol–water partition coefficient (Wildman–Crippen LogP) is 3.09. The quantitative estimate of drug-likeness (QED) is 0.869. The molecule has 1 aromatic carbocycles. The lowest BCUT2D eigenvalue weighted by Gasteiger charge is -2.14. The van der Waals surface area contributed by atoms with Crippen molar-refractivity contribution in [2.45, 2.75) is 44.9 Å². The number of rotatable bonds is 4. The molecule has 0 saturated heterocycles. The molecule has 2 aliphatic carbocycles. The number of nitrogens with zero attached hydrogens (tertiary/aromatic N) is 1. The first-order valence-corrected chi connectivity index (χ1v) is 8.98. The zero-order chi connectivity index (χ0) is 15.3. The molecule has 1 N–H and O–H groups in total. The van der Waals surface area contributed by atoms with Gasteiger partial charge in [-0.15, -0.1) is 0 Å². The number of hydrogen-bond acceptors (Lipinski definition) is 3. The summed E-state index contributed by atoms with van der Waals surface area (Å²) in [5, 5.41) is 4.22. The van der Waals surface area contributed by atoms with E-state index >= 15 is 0 Å². The summed E-state index contributed by atoms with van der Waals surface area (Å²) in [5.41, 5.74) is 2.46. The molecule has 0 bridgehead atoms. The lowest BCUT2D eigenvalue weighted by Crippen LogP contribution is -2.20. The molecule has 2 atom stereocenters. The SMILES string of the molecule is Cc1ccc(S(=O)(=O)N/N=C2\CC[C@]3(C(C)C)C[C@H]23)cc1. The maximum Gasteiger partial charge on any atom is 0.276 e. The van der Waals surface area contributed by atoms with Gasteiger partial charge in [-0.1, -0.05) is 31.5 Å². The molecule has 5 heteroatoms. The molecule has 3 rings (SSSR count). The van der Waals surface area contributed by atoms with E-state index in [0.717, 1.165) is 30.5 Å². The zero-order valence-electron chi connectivity index (χ0n) is 12.8. The monoisotopic (exact) mass is 306 g/mol. The van der Waals surface area contributed by atoms with Crippen LogP contribution >= 0.6 is 0 Å². The van der Waals surface area contributed by atoms with Gasteiger partial charge in [-0.25, -0.2) is 4.83 Å². The summed E-state index contributed by atoms with van der Waals surface area (Å²) in [6.07, 6.45) is 3.22. The van der Waals surface area contributed by atoms with Crippen LogP contribution in [0.4, 0.5) is 0 Å². The van der Waals surface area contributed by atoms with Crippen LogP contribution in [0, 0.1) is 24.2 Å². The molecule has 2 fully saturated rings. The molecular weight excluding hydrogens is 284 g/mol. The highest BCUT2D eigenvalue weighted by Gasteiger charge is 2.61. The molecule has 0 aromatic heterocycles. The Labute approximate surface area is 126 Å². The summed E-state index contributed by atoms with van der Waals surface area (Å²) >= 11 is 0. The third-order valence-corrected chi connectivity index (χ3v) is 6.38. The molecule has 0 amide bonds. The van der Waals surface area contributed by atoms with Crippen LogP contribution in [0.15, 0.2) is 34.3 Å². The maximum absolute atomic E-state index is 12.2. The van der Waals surface area contributed by atoms with E-state index in [1.807, 2.05) is 6.92 Å². The van der Waals surface area contributed by atoms with Crippen molar-refractivity contribution in [3.8, 4) is 0 Å². The second-order valence-corrected chi connectivity index (χ2v) is 8.32. The molecule has 0 aliphatic heterocycles. The van der Waals surface area contributed by atoms with Crippen molar-refractivity contribution >= 4 is 15.7 Å². The van der Waals surface area contributed by atoms with Gasteiger partial charge in [-0.05, 0) is 49.7 Å². The van der Waals surface area contributed by atoms with E-state index in [2.05, 4.69) is 23.8 Å². The largest absolute Gasteiger partial charge is 0.276 e. The Kier molecular flexibility index (Phi) is 3.35. The normalized spacial score (nSPS) is 29.7. The fourth-order valence-electron chi connectivity index (χ4n) is 3.53. The van der Waals surface area contributed by atoms with Crippen molar-refractivity contribution in [1.29, 1.82) is 0 Å². The Balaban J connectivity index is 1.73. The first-order valence-electron chi connectivity index (χ1n) is 7.50. The Bertz CT molecular complexity index is 677. The van der Waals surface area contributed by atoms with Crippen LogP contribution in [0.1, 0.15) is 38.7 Å². The molecule has 2 aliphatic rings. The van der Waals surface area contributed by atoms with Crippen molar-refractivity contribution in [2.75, 3.05) is 0 Å². The second kappa shape index (κ2) is 4.83. The Morgan fingerprint density at radius 3 is 2.48 bits per heavy atom. The lowest BCUT2D eigenvalue weighted by atomic mass is 9.90. The highest BCUT2D eigenvalue weighted by Crippen LogP contribution is 2.66. The van der Waals surface area contributed by atoms with Gasteiger partial charge >= 0.3 is 0 Å². The van der Waals surface area contributed by atoms with Gasteiger partial charge in [-0.2, -0.15) is 13.5 Å². The minimum absolute atomic E-state index is 0.265. The van der Waals surface area contributed by atoms with Crippen LogP contribution in [-0.4, -0.2) is 14.1 Å². The van der Waals surface area contributed by atoms with E-state index in [0.29, 0.717) is 17.3 Å². The van der Waals surface area contributed by atoms with Crippen molar-refractivity contribution in [3.05, 3.63) is 29.8 Å². The summed E-state index contributed by atoms with van der Waals surface area (Å²) in [4.78, 5) is 2.68. The van der Waals surface area contributed by atoms with Gasteiger partial charge in [0.1, 0.15) is 0 Å². The standard InChI is InChI=1S/C16H22N2O2S/c1-11(2)16-9-8-15(14(16)10-16)17-18-21(19,20)13-6-4-12(3)5-7-13/h4-7,11,14,18H,8-10H2,1-3H3/b17-15+/t14-,16-/m1/s1. The van der Waals surface area contributed by atoms with E-state index in [-0.39, 0.29) is 4.90 Å². The highest BCUT2D eigenvalue weighted by molar-refractivity contribution is 7.89. The number of sulfonamides is 1. The third kappa shape index (κ3) is 2.48. The average Bonchev–Trinajstić information content (AvgIpc) is 3.07. The van der Waals surface area contributed by atoms with Gasteiger partial charge in [0.15, 0.2) is 0 Å². The number of fused-ring (bicyclic) bond motifs is 1. The van der Waals surface area contributed by atoms with Crippen LogP contribution < -0.4 is 4.83 Å². The van der Waals surface area contributed by atoms with Gasteiger partial charge < -0.3 is 0 Å². The topological polar surface area (TPSA) is 58.5 Å². The zero-order valence-corrected chi connectivity index (χ0v) is 13.6. The highest BCUT2D eigenvalue weighted by atomic mass is 32.2. The van der Waals surface area contributed by atoms with E-state index in [4.69, 9.17) is 0 Å². The van der Waals surface area contributed by atoms with Crippen LogP contribution in [0.2, 0.25) is 0 Å². The molecule has 0 spiro atoms. The van der Waals surface area contributed by atoms with Crippen molar-refractivity contribution in [3.63, 3.8) is 0 Å². The predicted molar refractivity (Wildman–Crippen MR) is 83.5 cm³/mol. The van der Waals surface area contributed by atoms with Crippen LogP contribution in [0.5, 0.6) is 0 Å². The molecule has 1 aromatic rings. The van der Waals surface area contributed by atoms with Crippen LogP contribution in [-0.2, 0) is 10.0 Å². The van der Waals surface area contributed by atoms with E-state index < -0.39 is 10.0 Å². The molecular formula is C16H22N2O2S. The van der Waals surface area contributed by atoms with Gasteiger partial charge in [0.2, 0.25) is 0 Å². The van der Waals surface area contributed by atoms with Gasteiger partial charge in [-0.3, -0.25) is 0 Å². The summed E-state index contributed by atoms with van der Waals surface area (Å²) in [7, 11) is -3.55. The number of benzene rings is 1. The van der Waals surface area contributed by atoms with Gasteiger partial charge in [0.25, 0.3) is 10.0 Å². The second-order valence-electron chi connectivity index (χ2n) is 6.66. The molecule has 114 valence electrons. The molecule has 2 saturated carbocycles. The summed E-state index contributed by atoms with van der Waals surface area (Å²) < 4.78 is 24.4. The van der Waals surface area contributed by atoms with E-state index in [1.54, 1.807) is 24.3 Å². The minimum Gasteiger partial charge on any atom is -0.200 e. The fourth-order valence-corrected chi connectivity index (χ4v) is 4.37.